The Kier molecular flexibility index (Phi) is 5.82. The second-order valence-electron chi connectivity index (χ2n) is 8.24. The van der Waals surface area contributed by atoms with Gasteiger partial charge < -0.3 is 4.90 Å². The normalized spacial score (nSPS) is 26.2. The van der Waals surface area contributed by atoms with Crippen molar-refractivity contribution in [3.05, 3.63) is 35.4 Å². The smallest absolute Gasteiger partial charge is 0.245 e. The number of carbonyl (C=O) groups is 2. The SMILES string of the molecule is Cc1ccc(C2(C)CCN([C@@H](CC(=O)NO)C3CCS(=O)(=O)CC3)C2=O)cc1. The lowest BCUT2D eigenvalue weighted by molar-refractivity contribution is -0.138. The number of sulfone groups is 1. The molecule has 2 aliphatic heterocycles. The highest BCUT2D eigenvalue weighted by atomic mass is 32.2. The number of rotatable bonds is 5. The quantitative estimate of drug-likeness (QED) is 0.569. The van der Waals surface area contributed by atoms with Gasteiger partial charge in [-0.2, -0.15) is 0 Å². The van der Waals surface area contributed by atoms with Crippen molar-refractivity contribution >= 4 is 21.7 Å². The molecule has 0 aromatic heterocycles. The molecule has 3 rings (SSSR count). The molecule has 8 heteroatoms. The van der Waals surface area contributed by atoms with Gasteiger partial charge >= 0.3 is 0 Å². The number of likely N-dealkylation sites (tertiary alicyclic amines) is 1. The Balaban J connectivity index is 1.85. The molecule has 1 aromatic carbocycles. The third-order valence-electron chi connectivity index (χ3n) is 6.34. The molecule has 2 amide bonds. The summed E-state index contributed by atoms with van der Waals surface area (Å²) >= 11 is 0. The Morgan fingerprint density at radius 1 is 1.29 bits per heavy atom. The van der Waals surface area contributed by atoms with Crippen molar-refractivity contribution in [2.75, 3.05) is 18.1 Å². The number of nitrogens with one attached hydrogen (secondary N) is 1. The van der Waals surface area contributed by atoms with Crippen molar-refractivity contribution in [2.45, 2.75) is 51.0 Å². The van der Waals surface area contributed by atoms with Gasteiger partial charge in [-0.15, -0.1) is 0 Å². The van der Waals surface area contributed by atoms with Crippen LogP contribution in [0.1, 0.15) is 43.7 Å². The zero-order valence-corrected chi connectivity index (χ0v) is 17.2. The third kappa shape index (κ3) is 4.07. The van der Waals surface area contributed by atoms with E-state index in [1.54, 1.807) is 10.4 Å². The summed E-state index contributed by atoms with van der Waals surface area (Å²) in [6.45, 7) is 4.43. The molecule has 7 nitrogen and oxygen atoms in total. The lowest BCUT2D eigenvalue weighted by Crippen LogP contribution is -2.48. The molecule has 0 bridgehead atoms. The number of hydroxylamine groups is 1. The first-order valence-corrected chi connectivity index (χ1v) is 11.5. The largest absolute Gasteiger partial charge is 0.338 e. The van der Waals surface area contributed by atoms with Crippen molar-refractivity contribution in [1.29, 1.82) is 0 Å². The molecule has 2 atom stereocenters. The Hall–Kier alpha value is -1.93. The van der Waals surface area contributed by atoms with E-state index in [1.807, 2.05) is 38.1 Å². The molecule has 2 aliphatic rings. The zero-order valence-electron chi connectivity index (χ0n) is 16.3. The molecule has 1 unspecified atom stereocenters. The Morgan fingerprint density at radius 3 is 2.46 bits per heavy atom. The topological polar surface area (TPSA) is 104 Å². The highest BCUT2D eigenvalue weighted by Gasteiger charge is 2.48. The Morgan fingerprint density at radius 2 is 1.89 bits per heavy atom. The van der Waals surface area contributed by atoms with E-state index >= 15 is 0 Å². The first-order chi connectivity index (χ1) is 13.2. The number of aryl methyl sites for hydroxylation is 1. The number of hydrogen-bond acceptors (Lipinski definition) is 5. The second kappa shape index (κ2) is 7.83. The van der Waals surface area contributed by atoms with Gasteiger partial charge in [0.2, 0.25) is 11.8 Å². The number of hydrogen-bond donors (Lipinski definition) is 2. The van der Waals surface area contributed by atoms with Crippen LogP contribution in [-0.2, 0) is 24.8 Å². The Bertz CT molecular complexity index is 838. The van der Waals surface area contributed by atoms with E-state index in [9.17, 15) is 18.0 Å². The van der Waals surface area contributed by atoms with Crippen molar-refractivity contribution in [2.24, 2.45) is 5.92 Å². The fourth-order valence-electron chi connectivity index (χ4n) is 4.44. The molecule has 28 heavy (non-hydrogen) atoms. The number of nitrogens with zero attached hydrogens (tertiary/aromatic N) is 1. The molecular formula is C20H28N2O5S. The van der Waals surface area contributed by atoms with E-state index in [0.717, 1.165) is 11.1 Å². The average Bonchev–Trinajstić information content (AvgIpc) is 2.96. The molecule has 0 radical (unpaired) electrons. The van der Waals surface area contributed by atoms with Gasteiger partial charge in [-0.05, 0) is 44.6 Å². The number of benzene rings is 1. The minimum Gasteiger partial charge on any atom is -0.338 e. The van der Waals surface area contributed by atoms with E-state index in [1.165, 1.54) is 0 Å². The van der Waals surface area contributed by atoms with Crippen LogP contribution in [0.3, 0.4) is 0 Å². The van der Waals surface area contributed by atoms with Gasteiger partial charge in [0.1, 0.15) is 9.84 Å². The van der Waals surface area contributed by atoms with Crippen molar-refractivity contribution in [3.8, 4) is 0 Å². The predicted molar refractivity (Wildman–Crippen MR) is 105 cm³/mol. The lowest BCUT2D eigenvalue weighted by Gasteiger charge is -2.37. The van der Waals surface area contributed by atoms with Crippen LogP contribution in [0.4, 0.5) is 0 Å². The summed E-state index contributed by atoms with van der Waals surface area (Å²) in [7, 11) is -3.04. The Labute approximate surface area is 166 Å². The van der Waals surface area contributed by atoms with Crippen LogP contribution in [-0.4, -0.2) is 54.4 Å². The molecule has 2 N–H and O–H groups in total. The van der Waals surface area contributed by atoms with Gasteiger partial charge in [0.25, 0.3) is 0 Å². The van der Waals surface area contributed by atoms with Crippen molar-refractivity contribution in [1.82, 2.24) is 10.4 Å². The zero-order chi connectivity index (χ0) is 20.5. The average molecular weight is 409 g/mol. The standard InChI is InChI=1S/C20H28N2O5S/c1-14-3-5-16(6-4-14)20(2)9-10-22(19(20)24)17(13-18(23)21-25)15-7-11-28(26,27)12-8-15/h3-6,15,17,25H,7-13H2,1-2H3,(H,21,23)/t17-,20?/m0/s1. The predicted octanol–water partition coefficient (Wildman–Crippen LogP) is 1.57. The molecule has 2 saturated heterocycles. The fourth-order valence-corrected chi connectivity index (χ4v) is 5.96. The van der Waals surface area contributed by atoms with Crippen LogP contribution >= 0.6 is 0 Å². The molecule has 1 aromatic rings. The summed E-state index contributed by atoms with van der Waals surface area (Å²) in [5.74, 6) is -0.529. The maximum absolute atomic E-state index is 13.4. The lowest BCUT2D eigenvalue weighted by atomic mass is 9.80. The minimum atomic E-state index is -3.04. The van der Waals surface area contributed by atoms with Crippen LogP contribution in [0.15, 0.2) is 24.3 Å². The van der Waals surface area contributed by atoms with Gasteiger partial charge in [-0.3, -0.25) is 14.8 Å². The first kappa shape index (κ1) is 20.8. The van der Waals surface area contributed by atoms with E-state index in [2.05, 4.69) is 0 Å². The van der Waals surface area contributed by atoms with Crippen LogP contribution in [0.5, 0.6) is 0 Å². The van der Waals surface area contributed by atoms with Gasteiger partial charge in [-0.25, -0.2) is 13.9 Å². The summed E-state index contributed by atoms with van der Waals surface area (Å²) < 4.78 is 23.6. The fraction of sp³-hybridized carbons (Fsp3) is 0.600. The highest BCUT2D eigenvalue weighted by Crippen LogP contribution is 2.39. The number of carbonyl (C=O) groups excluding carboxylic acids is 2. The van der Waals surface area contributed by atoms with Crippen molar-refractivity contribution in [3.63, 3.8) is 0 Å². The molecule has 2 fully saturated rings. The van der Waals surface area contributed by atoms with Crippen LogP contribution in [0.2, 0.25) is 0 Å². The van der Waals surface area contributed by atoms with E-state index in [4.69, 9.17) is 5.21 Å². The maximum Gasteiger partial charge on any atom is 0.245 e. The van der Waals surface area contributed by atoms with Gasteiger partial charge in [-0.1, -0.05) is 29.8 Å². The van der Waals surface area contributed by atoms with E-state index in [0.29, 0.717) is 25.8 Å². The summed E-state index contributed by atoms with van der Waals surface area (Å²) in [5.41, 5.74) is 3.06. The van der Waals surface area contributed by atoms with Crippen LogP contribution in [0.25, 0.3) is 0 Å². The summed E-state index contributed by atoms with van der Waals surface area (Å²) in [4.78, 5) is 27.0. The molecular weight excluding hydrogens is 380 g/mol. The highest BCUT2D eigenvalue weighted by molar-refractivity contribution is 7.91. The monoisotopic (exact) mass is 408 g/mol. The van der Waals surface area contributed by atoms with Gasteiger partial charge in [0.05, 0.1) is 16.9 Å². The van der Waals surface area contributed by atoms with E-state index < -0.39 is 27.2 Å². The third-order valence-corrected chi connectivity index (χ3v) is 8.05. The molecule has 154 valence electrons. The minimum absolute atomic E-state index is 0.0308. The molecule has 2 heterocycles. The summed E-state index contributed by atoms with van der Waals surface area (Å²) in [6, 6.07) is 7.50. The van der Waals surface area contributed by atoms with Crippen LogP contribution in [0, 0.1) is 12.8 Å². The molecule has 0 aliphatic carbocycles. The summed E-state index contributed by atoms with van der Waals surface area (Å²) in [5, 5.41) is 8.98. The van der Waals surface area contributed by atoms with Gasteiger partial charge in [0, 0.05) is 19.0 Å². The molecule has 0 saturated carbocycles. The van der Waals surface area contributed by atoms with Gasteiger partial charge in [0.15, 0.2) is 0 Å². The molecule has 0 spiro atoms. The number of amides is 2. The second-order valence-corrected chi connectivity index (χ2v) is 10.5. The summed E-state index contributed by atoms with van der Waals surface area (Å²) in [6.07, 6.45) is 1.46. The van der Waals surface area contributed by atoms with E-state index in [-0.39, 0.29) is 29.8 Å². The van der Waals surface area contributed by atoms with Crippen molar-refractivity contribution < 1.29 is 23.2 Å². The first-order valence-electron chi connectivity index (χ1n) is 9.68. The van der Waals surface area contributed by atoms with Crippen LogP contribution < -0.4 is 5.48 Å². The maximum atomic E-state index is 13.4.